The molecule has 182 valence electrons. The summed E-state index contributed by atoms with van der Waals surface area (Å²) in [5.41, 5.74) is 2.12. The minimum absolute atomic E-state index is 0.0421. The van der Waals surface area contributed by atoms with Gasteiger partial charge < -0.3 is 10.6 Å². The quantitative estimate of drug-likeness (QED) is 0.249. The van der Waals surface area contributed by atoms with Gasteiger partial charge in [0, 0.05) is 34.1 Å². The van der Waals surface area contributed by atoms with Gasteiger partial charge in [-0.3, -0.25) is 0 Å². The summed E-state index contributed by atoms with van der Waals surface area (Å²) in [6.07, 6.45) is -2.22. The lowest BCUT2D eigenvalue weighted by atomic mass is 9.86. The number of alkyl halides is 3. The first-order valence-electron chi connectivity index (χ1n) is 11.1. The van der Waals surface area contributed by atoms with Crippen molar-refractivity contribution in [3.05, 3.63) is 81.0 Å². The molecule has 3 aromatic rings. The van der Waals surface area contributed by atoms with Gasteiger partial charge in [-0.2, -0.15) is 13.2 Å². The SMILES string of the molecule is CCCCNc1cc(N[C@@H](C)[C@@H](Cc2ccc(Cl)cc2)c2cccc(Br)c2)nc(C(F)(F)F)n1. The van der Waals surface area contributed by atoms with Crippen LogP contribution in [0.2, 0.25) is 5.02 Å². The molecule has 0 aliphatic heterocycles. The van der Waals surface area contributed by atoms with Gasteiger partial charge in [0.1, 0.15) is 11.6 Å². The highest BCUT2D eigenvalue weighted by Crippen LogP contribution is 2.31. The lowest BCUT2D eigenvalue weighted by molar-refractivity contribution is -0.144. The van der Waals surface area contributed by atoms with E-state index in [0.717, 1.165) is 28.4 Å². The average Bonchev–Trinajstić information content (AvgIpc) is 2.78. The third-order valence-electron chi connectivity index (χ3n) is 5.44. The van der Waals surface area contributed by atoms with E-state index in [9.17, 15) is 13.2 Å². The van der Waals surface area contributed by atoms with E-state index in [1.807, 2.05) is 62.4 Å². The second kappa shape index (κ2) is 11.9. The molecule has 0 spiro atoms. The minimum atomic E-state index is -4.64. The molecule has 4 nitrogen and oxygen atoms in total. The predicted octanol–water partition coefficient (Wildman–Crippen LogP) is 7.95. The normalized spacial score (nSPS) is 13.4. The van der Waals surface area contributed by atoms with E-state index in [2.05, 4.69) is 36.5 Å². The Bertz CT molecular complexity index is 1080. The van der Waals surface area contributed by atoms with Gasteiger partial charge in [0.05, 0.1) is 0 Å². The molecule has 2 aromatic carbocycles. The Hall–Kier alpha value is -2.32. The van der Waals surface area contributed by atoms with Gasteiger partial charge in [-0.1, -0.05) is 65.1 Å². The molecule has 1 aromatic heterocycles. The number of halogens is 5. The molecule has 0 saturated carbocycles. The van der Waals surface area contributed by atoms with Crippen LogP contribution in [0, 0.1) is 0 Å². The molecule has 2 N–H and O–H groups in total. The van der Waals surface area contributed by atoms with Crippen molar-refractivity contribution < 1.29 is 13.2 Å². The lowest BCUT2D eigenvalue weighted by Crippen LogP contribution is -2.27. The van der Waals surface area contributed by atoms with Crippen LogP contribution >= 0.6 is 27.5 Å². The molecule has 0 aliphatic carbocycles. The number of hydrogen-bond donors (Lipinski definition) is 2. The molecule has 1 heterocycles. The number of aromatic nitrogens is 2. The predicted molar refractivity (Wildman–Crippen MR) is 136 cm³/mol. The van der Waals surface area contributed by atoms with Gasteiger partial charge in [-0.25, -0.2) is 9.97 Å². The van der Waals surface area contributed by atoms with Crippen molar-refractivity contribution in [2.45, 2.75) is 51.2 Å². The van der Waals surface area contributed by atoms with Crippen LogP contribution in [0.25, 0.3) is 0 Å². The van der Waals surface area contributed by atoms with Gasteiger partial charge in [-0.15, -0.1) is 0 Å². The molecule has 0 amide bonds. The van der Waals surface area contributed by atoms with Gasteiger partial charge in [0.2, 0.25) is 5.82 Å². The summed E-state index contributed by atoms with van der Waals surface area (Å²) < 4.78 is 41.3. The number of nitrogens with zero attached hydrogens (tertiary/aromatic N) is 2. The molecule has 0 bridgehead atoms. The zero-order chi connectivity index (χ0) is 24.7. The van der Waals surface area contributed by atoms with Crippen LogP contribution in [0.4, 0.5) is 24.8 Å². The van der Waals surface area contributed by atoms with E-state index in [1.165, 1.54) is 6.07 Å². The van der Waals surface area contributed by atoms with Gasteiger partial charge in [0.25, 0.3) is 0 Å². The van der Waals surface area contributed by atoms with Crippen LogP contribution in [0.15, 0.2) is 59.1 Å². The Kier molecular flexibility index (Phi) is 9.19. The fourth-order valence-corrected chi connectivity index (χ4v) is 4.20. The van der Waals surface area contributed by atoms with Gasteiger partial charge in [0.15, 0.2) is 0 Å². The maximum atomic E-state index is 13.5. The Balaban J connectivity index is 1.90. The highest BCUT2D eigenvalue weighted by atomic mass is 79.9. The topological polar surface area (TPSA) is 49.8 Å². The largest absolute Gasteiger partial charge is 0.451 e. The maximum absolute atomic E-state index is 13.5. The van der Waals surface area contributed by atoms with Gasteiger partial charge in [-0.05, 0) is 55.2 Å². The first kappa shape index (κ1) is 26.3. The lowest BCUT2D eigenvalue weighted by Gasteiger charge is -2.27. The Morgan fingerprint density at radius 2 is 1.74 bits per heavy atom. The Morgan fingerprint density at radius 3 is 2.38 bits per heavy atom. The minimum Gasteiger partial charge on any atom is -0.370 e. The van der Waals surface area contributed by atoms with Crippen LogP contribution in [0.1, 0.15) is 49.6 Å². The zero-order valence-electron chi connectivity index (χ0n) is 19.0. The van der Waals surface area contributed by atoms with Crippen molar-refractivity contribution in [2.24, 2.45) is 0 Å². The third kappa shape index (κ3) is 7.60. The fourth-order valence-electron chi connectivity index (χ4n) is 3.66. The summed E-state index contributed by atoms with van der Waals surface area (Å²) >= 11 is 9.56. The molecule has 9 heteroatoms. The molecule has 0 radical (unpaired) electrons. The van der Waals surface area contributed by atoms with Crippen molar-refractivity contribution in [3.8, 4) is 0 Å². The maximum Gasteiger partial charge on any atom is 0.451 e. The average molecular weight is 556 g/mol. The summed E-state index contributed by atoms with van der Waals surface area (Å²) in [5, 5.41) is 6.83. The molecule has 0 unspecified atom stereocenters. The molecule has 34 heavy (non-hydrogen) atoms. The first-order valence-corrected chi connectivity index (χ1v) is 12.3. The summed E-state index contributed by atoms with van der Waals surface area (Å²) in [6, 6.07) is 16.8. The molecule has 3 rings (SSSR count). The number of benzene rings is 2. The Morgan fingerprint density at radius 1 is 1.03 bits per heavy atom. The van der Waals surface area contributed by atoms with Crippen LogP contribution in [-0.4, -0.2) is 22.6 Å². The van der Waals surface area contributed by atoms with E-state index < -0.39 is 12.0 Å². The van der Waals surface area contributed by atoms with Crippen LogP contribution in [0.5, 0.6) is 0 Å². The standard InChI is InChI=1S/C25H27BrClF3N4/c1-3-4-12-31-22-15-23(34-24(33-22)25(28,29)30)32-16(2)21(18-6-5-7-19(26)14-18)13-17-8-10-20(27)11-9-17/h5-11,14-16,21H,3-4,12-13H2,1-2H3,(H2,31,32,33,34)/t16-,21+/m0/s1. The van der Waals surface area contributed by atoms with Crippen LogP contribution in [0.3, 0.4) is 0 Å². The molecule has 0 saturated heterocycles. The number of hydrogen-bond acceptors (Lipinski definition) is 4. The summed E-state index contributed by atoms with van der Waals surface area (Å²) in [6.45, 7) is 4.50. The Labute approximate surface area is 211 Å². The second-order valence-corrected chi connectivity index (χ2v) is 9.52. The first-order chi connectivity index (χ1) is 16.2. The number of rotatable bonds is 10. The number of anilines is 2. The zero-order valence-corrected chi connectivity index (χ0v) is 21.3. The van der Waals surface area contributed by atoms with Crippen molar-refractivity contribution in [3.63, 3.8) is 0 Å². The molecular weight excluding hydrogens is 529 g/mol. The highest BCUT2D eigenvalue weighted by molar-refractivity contribution is 9.10. The van der Waals surface area contributed by atoms with E-state index >= 15 is 0 Å². The number of unbranched alkanes of at least 4 members (excludes halogenated alkanes) is 1. The van der Waals surface area contributed by atoms with E-state index in [1.54, 1.807) is 0 Å². The van der Waals surface area contributed by atoms with Gasteiger partial charge >= 0.3 is 6.18 Å². The van der Waals surface area contributed by atoms with E-state index in [4.69, 9.17) is 11.6 Å². The monoisotopic (exact) mass is 554 g/mol. The summed E-state index contributed by atoms with van der Waals surface area (Å²) in [7, 11) is 0. The van der Waals surface area contributed by atoms with E-state index in [-0.39, 0.29) is 23.6 Å². The second-order valence-electron chi connectivity index (χ2n) is 8.17. The van der Waals surface area contributed by atoms with Crippen molar-refractivity contribution in [1.82, 2.24) is 9.97 Å². The highest BCUT2D eigenvalue weighted by Gasteiger charge is 2.35. The molecule has 0 fully saturated rings. The van der Waals surface area contributed by atoms with Crippen molar-refractivity contribution >= 4 is 39.2 Å². The smallest absolute Gasteiger partial charge is 0.370 e. The molecule has 2 atom stereocenters. The van der Waals surface area contributed by atoms with Crippen LogP contribution in [-0.2, 0) is 12.6 Å². The number of nitrogens with one attached hydrogen (secondary N) is 2. The molecular formula is C25H27BrClF3N4. The summed E-state index contributed by atoms with van der Waals surface area (Å²) in [4.78, 5) is 7.44. The molecule has 0 aliphatic rings. The summed E-state index contributed by atoms with van der Waals surface area (Å²) in [5.74, 6) is -0.924. The van der Waals surface area contributed by atoms with Crippen LogP contribution < -0.4 is 10.6 Å². The fraction of sp³-hybridized carbons (Fsp3) is 0.360. The van der Waals surface area contributed by atoms with Crippen molar-refractivity contribution in [2.75, 3.05) is 17.2 Å². The third-order valence-corrected chi connectivity index (χ3v) is 6.19. The van der Waals surface area contributed by atoms with Crippen molar-refractivity contribution in [1.29, 1.82) is 0 Å². The van der Waals surface area contributed by atoms with E-state index in [0.29, 0.717) is 18.0 Å².